The number of nitrogens with one attached hydrogen (secondary N) is 1. The van der Waals surface area contributed by atoms with Crippen LogP contribution in [0.1, 0.15) is 10.5 Å². The van der Waals surface area contributed by atoms with Gasteiger partial charge in [-0.3, -0.25) is 4.79 Å². The quantitative estimate of drug-likeness (QED) is 0.543. The van der Waals surface area contributed by atoms with Crippen molar-refractivity contribution in [1.29, 1.82) is 0 Å². The minimum absolute atomic E-state index is 0.0813. The van der Waals surface area contributed by atoms with Crippen LogP contribution in [0.15, 0.2) is 79.0 Å². The van der Waals surface area contributed by atoms with Crippen LogP contribution < -0.4 is 10.1 Å². The Kier molecular flexibility index (Phi) is 4.94. The number of hydrogen-bond donors (Lipinski definition) is 2. The first-order valence-corrected chi connectivity index (χ1v) is 8.91. The van der Waals surface area contributed by atoms with Crippen molar-refractivity contribution >= 4 is 11.7 Å². The predicted molar refractivity (Wildman–Crippen MR) is 109 cm³/mol. The van der Waals surface area contributed by atoms with Gasteiger partial charge in [-0.05, 0) is 54.6 Å². The first-order valence-electron chi connectivity index (χ1n) is 8.91. The summed E-state index contributed by atoms with van der Waals surface area (Å²) in [5.41, 5.74) is 2.64. The van der Waals surface area contributed by atoms with Crippen LogP contribution in [0.5, 0.6) is 11.5 Å². The van der Waals surface area contributed by atoms with Crippen molar-refractivity contribution < 1.29 is 14.6 Å². The highest BCUT2D eigenvalue weighted by molar-refractivity contribution is 6.03. The van der Waals surface area contributed by atoms with Crippen LogP contribution in [0.3, 0.4) is 0 Å². The third-order valence-electron chi connectivity index (χ3n) is 4.35. The molecule has 0 aliphatic carbocycles. The standard InChI is InChI=1S/C22H18N4O3/c1-29-17-11-9-15(10-12-17)19-14-18(25-26(19)16-6-3-2-4-7-16)22(28)24-21-20(27)8-5-13-23-21/h2-14,27H,1H3,(H,23,24,28). The summed E-state index contributed by atoms with van der Waals surface area (Å²) >= 11 is 0. The molecule has 0 fully saturated rings. The van der Waals surface area contributed by atoms with Crippen LogP contribution in [-0.2, 0) is 0 Å². The molecular weight excluding hydrogens is 368 g/mol. The summed E-state index contributed by atoms with van der Waals surface area (Å²) in [5, 5.41) is 16.9. The van der Waals surface area contributed by atoms with Crippen molar-refractivity contribution in [2.24, 2.45) is 0 Å². The second-order valence-electron chi connectivity index (χ2n) is 6.22. The van der Waals surface area contributed by atoms with E-state index in [9.17, 15) is 9.90 Å². The van der Waals surface area contributed by atoms with Crippen LogP contribution in [-0.4, -0.2) is 32.9 Å². The Morgan fingerprint density at radius 2 is 1.79 bits per heavy atom. The molecule has 4 rings (SSSR count). The fraction of sp³-hybridized carbons (Fsp3) is 0.0455. The highest BCUT2D eigenvalue weighted by Crippen LogP contribution is 2.27. The van der Waals surface area contributed by atoms with E-state index in [0.717, 1.165) is 22.7 Å². The van der Waals surface area contributed by atoms with Gasteiger partial charge in [0.25, 0.3) is 5.91 Å². The monoisotopic (exact) mass is 386 g/mol. The van der Waals surface area contributed by atoms with E-state index in [4.69, 9.17) is 4.74 Å². The summed E-state index contributed by atoms with van der Waals surface area (Å²) in [4.78, 5) is 16.7. The normalized spacial score (nSPS) is 10.5. The Hall–Kier alpha value is -4.13. The van der Waals surface area contributed by atoms with Crippen molar-refractivity contribution in [2.45, 2.75) is 0 Å². The first-order chi connectivity index (χ1) is 14.2. The molecule has 0 saturated heterocycles. The van der Waals surface area contributed by atoms with Crippen molar-refractivity contribution in [3.05, 3.63) is 84.7 Å². The lowest BCUT2D eigenvalue weighted by Crippen LogP contribution is -2.14. The molecule has 4 aromatic rings. The zero-order valence-electron chi connectivity index (χ0n) is 15.6. The molecule has 0 unspecified atom stereocenters. The molecule has 1 amide bonds. The van der Waals surface area contributed by atoms with E-state index in [1.165, 1.54) is 12.3 Å². The summed E-state index contributed by atoms with van der Waals surface area (Å²) in [5.74, 6) is 0.239. The SMILES string of the molecule is COc1ccc(-c2cc(C(=O)Nc3ncccc3O)nn2-c2ccccc2)cc1. The Morgan fingerprint density at radius 1 is 1.03 bits per heavy atom. The van der Waals surface area contributed by atoms with Gasteiger partial charge in [0.2, 0.25) is 0 Å². The van der Waals surface area contributed by atoms with Crippen LogP contribution in [0.25, 0.3) is 16.9 Å². The lowest BCUT2D eigenvalue weighted by Gasteiger charge is -2.08. The predicted octanol–water partition coefficient (Wildman–Crippen LogP) is 3.90. The molecule has 7 nitrogen and oxygen atoms in total. The molecule has 7 heteroatoms. The molecule has 2 N–H and O–H groups in total. The molecule has 144 valence electrons. The summed E-state index contributed by atoms with van der Waals surface area (Å²) in [6.07, 6.45) is 1.49. The largest absolute Gasteiger partial charge is 0.504 e. The first kappa shape index (κ1) is 18.2. The molecule has 0 spiro atoms. The lowest BCUT2D eigenvalue weighted by molar-refractivity contribution is 0.102. The maximum absolute atomic E-state index is 12.7. The van der Waals surface area contributed by atoms with Gasteiger partial charge in [-0.15, -0.1) is 0 Å². The average Bonchev–Trinajstić information content (AvgIpc) is 3.22. The van der Waals surface area contributed by atoms with Gasteiger partial charge in [-0.1, -0.05) is 18.2 Å². The molecule has 0 radical (unpaired) electrons. The van der Waals surface area contributed by atoms with Crippen LogP contribution in [0, 0.1) is 0 Å². The van der Waals surface area contributed by atoms with Crippen LogP contribution in [0.4, 0.5) is 5.82 Å². The molecule has 29 heavy (non-hydrogen) atoms. The molecule has 0 atom stereocenters. The Morgan fingerprint density at radius 3 is 2.48 bits per heavy atom. The van der Waals surface area contributed by atoms with Crippen LogP contribution >= 0.6 is 0 Å². The van der Waals surface area contributed by atoms with E-state index < -0.39 is 5.91 Å². The summed E-state index contributed by atoms with van der Waals surface area (Å²) in [6, 6.07) is 21.8. The van der Waals surface area contributed by atoms with Crippen molar-refractivity contribution in [2.75, 3.05) is 12.4 Å². The molecule has 0 aliphatic heterocycles. The maximum atomic E-state index is 12.7. The fourth-order valence-electron chi connectivity index (χ4n) is 2.89. The van der Waals surface area contributed by atoms with E-state index in [1.54, 1.807) is 23.9 Å². The summed E-state index contributed by atoms with van der Waals surface area (Å²) in [7, 11) is 1.61. The van der Waals surface area contributed by atoms with Gasteiger partial charge in [0.05, 0.1) is 18.5 Å². The number of rotatable bonds is 5. The minimum Gasteiger partial charge on any atom is -0.504 e. The number of carbonyl (C=O) groups excluding carboxylic acids is 1. The van der Waals surface area contributed by atoms with E-state index in [0.29, 0.717) is 0 Å². The third-order valence-corrected chi connectivity index (χ3v) is 4.35. The molecule has 2 heterocycles. The highest BCUT2D eigenvalue weighted by Gasteiger charge is 2.18. The van der Waals surface area contributed by atoms with Gasteiger partial charge >= 0.3 is 0 Å². The molecule has 0 saturated carbocycles. The number of hydrogen-bond acceptors (Lipinski definition) is 5. The Balaban J connectivity index is 1.75. The lowest BCUT2D eigenvalue weighted by atomic mass is 10.1. The number of aromatic nitrogens is 3. The number of nitrogens with zero attached hydrogens (tertiary/aromatic N) is 3. The molecule has 2 aromatic carbocycles. The van der Waals surface area contributed by atoms with Gasteiger partial charge in [0.1, 0.15) is 5.75 Å². The number of benzene rings is 2. The van der Waals surface area contributed by atoms with Crippen molar-refractivity contribution in [3.63, 3.8) is 0 Å². The van der Waals surface area contributed by atoms with Crippen molar-refractivity contribution in [3.8, 4) is 28.4 Å². The van der Waals surface area contributed by atoms with Gasteiger partial charge in [-0.2, -0.15) is 5.10 Å². The number of amides is 1. The third kappa shape index (κ3) is 3.79. The number of aromatic hydroxyl groups is 1. The van der Waals surface area contributed by atoms with Gasteiger partial charge < -0.3 is 15.2 Å². The number of carbonyl (C=O) groups is 1. The van der Waals surface area contributed by atoms with Gasteiger partial charge in [0.15, 0.2) is 17.3 Å². The van der Waals surface area contributed by atoms with Crippen LogP contribution in [0.2, 0.25) is 0 Å². The minimum atomic E-state index is -0.469. The number of methoxy groups -OCH3 is 1. The number of anilines is 1. The molecular formula is C22H18N4O3. The zero-order valence-corrected chi connectivity index (χ0v) is 15.6. The number of pyridine rings is 1. The van der Waals surface area contributed by atoms with Gasteiger partial charge in [0, 0.05) is 11.8 Å². The van der Waals surface area contributed by atoms with E-state index in [2.05, 4.69) is 15.4 Å². The second-order valence-corrected chi connectivity index (χ2v) is 6.22. The fourth-order valence-corrected chi connectivity index (χ4v) is 2.89. The molecule has 0 aliphatic rings. The topological polar surface area (TPSA) is 89.3 Å². The van der Waals surface area contributed by atoms with E-state index >= 15 is 0 Å². The average molecular weight is 386 g/mol. The molecule has 0 bridgehead atoms. The number of para-hydroxylation sites is 1. The summed E-state index contributed by atoms with van der Waals surface area (Å²) < 4.78 is 6.93. The maximum Gasteiger partial charge on any atom is 0.277 e. The summed E-state index contributed by atoms with van der Waals surface area (Å²) in [6.45, 7) is 0. The number of ether oxygens (including phenoxy) is 1. The Bertz CT molecular complexity index is 1140. The smallest absolute Gasteiger partial charge is 0.277 e. The zero-order chi connectivity index (χ0) is 20.2. The highest BCUT2D eigenvalue weighted by atomic mass is 16.5. The Labute approximate surface area is 167 Å². The van der Waals surface area contributed by atoms with E-state index in [1.807, 2.05) is 54.6 Å². The van der Waals surface area contributed by atoms with Crippen molar-refractivity contribution in [1.82, 2.24) is 14.8 Å². The molecule has 2 aromatic heterocycles. The van der Waals surface area contributed by atoms with Gasteiger partial charge in [-0.25, -0.2) is 9.67 Å². The second kappa shape index (κ2) is 7.85. The van der Waals surface area contributed by atoms with E-state index in [-0.39, 0.29) is 17.3 Å².